The molecular weight excluding hydrogens is 352 g/mol. The minimum absolute atomic E-state index is 0.105. The lowest BCUT2D eigenvalue weighted by atomic mass is 9.80. The van der Waals surface area contributed by atoms with Crippen LogP contribution in [-0.4, -0.2) is 41.9 Å². The topological polar surface area (TPSA) is 104 Å². The maximum absolute atomic E-state index is 11.7. The molecule has 0 spiro atoms. The second-order valence-corrected chi connectivity index (χ2v) is 10.3. The largest absolute Gasteiger partial charge is 0.547 e. The Morgan fingerprint density at radius 2 is 1.77 bits per heavy atom. The fourth-order valence-electron chi connectivity index (χ4n) is 2.78. The van der Waals surface area contributed by atoms with Crippen molar-refractivity contribution in [3.05, 3.63) is 29.3 Å². The number of carbonyl (C=O) groups is 2. The van der Waals surface area contributed by atoms with Crippen molar-refractivity contribution in [2.24, 2.45) is 5.92 Å². The Labute approximate surface area is 156 Å². The van der Waals surface area contributed by atoms with E-state index in [2.05, 4.69) is 20.8 Å². The fourth-order valence-corrected chi connectivity index (χ4v) is 3.51. The summed E-state index contributed by atoms with van der Waals surface area (Å²) >= 11 is 0. The molecule has 26 heavy (non-hydrogen) atoms. The molecule has 7 heteroatoms. The third-order valence-electron chi connectivity index (χ3n) is 4.50. The number of rotatable bonds is 8. The Bertz CT molecular complexity index is 664. The molecule has 1 rings (SSSR count). The molecule has 0 amide bonds. The maximum atomic E-state index is 11.7. The monoisotopic (exact) mass is 382 g/mol. The van der Waals surface area contributed by atoms with Gasteiger partial charge in [0.05, 0.1) is 0 Å². The average molecular weight is 383 g/mol. The van der Waals surface area contributed by atoms with Gasteiger partial charge < -0.3 is 19.7 Å². The van der Waals surface area contributed by atoms with Crippen molar-refractivity contribution in [1.29, 1.82) is 0 Å². The Morgan fingerprint density at radius 1 is 1.19 bits per heavy atom. The van der Waals surface area contributed by atoms with Gasteiger partial charge in [0.15, 0.2) is 5.60 Å². The second kappa shape index (κ2) is 8.22. The van der Waals surface area contributed by atoms with Crippen LogP contribution in [0, 0.1) is 5.92 Å². The van der Waals surface area contributed by atoms with Crippen molar-refractivity contribution in [3.8, 4) is 5.75 Å². The van der Waals surface area contributed by atoms with Gasteiger partial charge in [-0.1, -0.05) is 39.8 Å². The van der Waals surface area contributed by atoms with Crippen molar-refractivity contribution in [2.75, 3.05) is 0 Å². The third kappa shape index (κ3) is 5.08. The SMILES string of the molecule is CCC(O)(C(=O)O)C(Cc1ccc(C(C)(C)C)cc1O[SiH](C)C)C(=O)O. The molecule has 0 heterocycles. The Morgan fingerprint density at radius 3 is 2.15 bits per heavy atom. The zero-order valence-electron chi connectivity index (χ0n) is 16.4. The molecule has 0 aliphatic rings. The molecule has 2 unspecified atom stereocenters. The van der Waals surface area contributed by atoms with Crippen LogP contribution in [0.3, 0.4) is 0 Å². The zero-order chi connectivity index (χ0) is 20.3. The molecule has 0 aliphatic carbocycles. The van der Waals surface area contributed by atoms with Gasteiger partial charge in [0.25, 0.3) is 0 Å². The smallest absolute Gasteiger partial charge is 0.336 e. The van der Waals surface area contributed by atoms with Gasteiger partial charge >= 0.3 is 11.9 Å². The molecule has 0 saturated heterocycles. The molecule has 146 valence electrons. The molecular formula is C19H30O6Si. The molecule has 0 aliphatic heterocycles. The number of carboxylic acids is 2. The van der Waals surface area contributed by atoms with Gasteiger partial charge in [0.2, 0.25) is 9.04 Å². The summed E-state index contributed by atoms with van der Waals surface area (Å²) in [4.78, 5) is 23.2. The van der Waals surface area contributed by atoms with Crippen LogP contribution in [0.2, 0.25) is 13.1 Å². The van der Waals surface area contributed by atoms with Crippen LogP contribution in [-0.2, 0) is 21.4 Å². The van der Waals surface area contributed by atoms with E-state index in [1.165, 1.54) is 6.92 Å². The number of aliphatic carboxylic acids is 2. The van der Waals surface area contributed by atoms with Crippen LogP contribution in [0.1, 0.15) is 45.2 Å². The van der Waals surface area contributed by atoms with Crippen LogP contribution in [0.4, 0.5) is 0 Å². The van der Waals surface area contributed by atoms with Crippen LogP contribution in [0.5, 0.6) is 5.75 Å². The summed E-state index contributed by atoms with van der Waals surface area (Å²) in [5.41, 5.74) is -0.797. The van der Waals surface area contributed by atoms with E-state index in [4.69, 9.17) is 4.43 Å². The molecule has 1 aromatic carbocycles. The van der Waals surface area contributed by atoms with E-state index in [0.29, 0.717) is 11.3 Å². The van der Waals surface area contributed by atoms with E-state index in [1.807, 2.05) is 25.2 Å². The number of aliphatic hydroxyl groups is 1. The molecule has 3 N–H and O–H groups in total. The standard InChI is InChI=1S/C19H30O6Si/c1-7-19(24,17(22)23)14(16(20)21)10-12-8-9-13(18(2,3)4)11-15(12)25-26(5)6/h8-9,11,14,24,26H,7,10H2,1-6H3,(H,20,21)(H,22,23). The molecule has 0 aromatic heterocycles. The summed E-state index contributed by atoms with van der Waals surface area (Å²) in [5, 5.41) is 29.3. The van der Waals surface area contributed by atoms with Crippen molar-refractivity contribution in [3.63, 3.8) is 0 Å². The van der Waals surface area contributed by atoms with Crippen LogP contribution >= 0.6 is 0 Å². The number of hydrogen-bond acceptors (Lipinski definition) is 4. The quantitative estimate of drug-likeness (QED) is 0.597. The highest BCUT2D eigenvalue weighted by molar-refractivity contribution is 6.49. The van der Waals surface area contributed by atoms with Crippen LogP contribution in [0.25, 0.3) is 0 Å². The third-order valence-corrected chi connectivity index (χ3v) is 5.23. The van der Waals surface area contributed by atoms with Crippen LogP contribution in [0.15, 0.2) is 18.2 Å². The first-order valence-electron chi connectivity index (χ1n) is 8.81. The summed E-state index contributed by atoms with van der Waals surface area (Å²) < 4.78 is 5.99. The predicted octanol–water partition coefficient (Wildman–Crippen LogP) is 2.82. The fraction of sp³-hybridized carbons (Fsp3) is 0.579. The lowest BCUT2D eigenvalue weighted by Gasteiger charge is -2.30. The van der Waals surface area contributed by atoms with Crippen molar-refractivity contribution >= 4 is 21.0 Å². The van der Waals surface area contributed by atoms with Crippen molar-refractivity contribution in [1.82, 2.24) is 0 Å². The van der Waals surface area contributed by atoms with Gasteiger partial charge in [-0.05, 0) is 48.5 Å². The van der Waals surface area contributed by atoms with Gasteiger partial charge in [0.1, 0.15) is 11.7 Å². The molecule has 0 radical (unpaired) electrons. The van der Waals surface area contributed by atoms with E-state index in [9.17, 15) is 24.9 Å². The minimum Gasteiger partial charge on any atom is -0.547 e. The van der Waals surface area contributed by atoms with E-state index >= 15 is 0 Å². The highest BCUT2D eigenvalue weighted by Crippen LogP contribution is 2.33. The molecule has 0 saturated carbocycles. The van der Waals surface area contributed by atoms with E-state index in [0.717, 1.165) is 5.56 Å². The number of carboxylic acid groups (broad SMARTS) is 2. The summed E-state index contributed by atoms with van der Waals surface area (Å²) in [7, 11) is -1.47. The zero-order valence-corrected chi connectivity index (χ0v) is 17.5. The number of benzene rings is 1. The minimum atomic E-state index is -2.33. The van der Waals surface area contributed by atoms with Gasteiger partial charge in [-0.15, -0.1) is 0 Å². The number of hydrogen-bond donors (Lipinski definition) is 3. The molecule has 2 atom stereocenters. The maximum Gasteiger partial charge on any atom is 0.336 e. The second-order valence-electron chi connectivity index (χ2n) is 7.92. The van der Waals surface area contributed by atoms with E-state index in [-0.39, 0.29) is 18.3 Å². The Kier molecular flexibility index (Phi) is 7.01. The summed E-state index contributed by atoms with van der Waals surface area (Å²) in [6, 6.07) is 5.57. The first kappa shape index (κ1) is 22.2. The van der Waals surface area contributed by atoms with E-state index < -0.39 is 32.5 Å². The van der Waals surface area contributed by atoms with Gasteiger partial charge in [-0.3, -0.25) is 4.79 Å². The molecule has 0 bridgehead atoms. The lowest BCUT2D eigenvalue weighted by Crippen LogP contribution is -2.49. The molecule has 1 aromatic rings. The van der Waals surface area contributed by atoms with Gasteiger partial charge in [0, 0.05) is 0 Å². The van der Waals surface area contributed by atoms with Crippen LogP contribution < -0.4 is 4.43 Å². The van der Waals surface area contributed by atoms with Gasteiger partial charge in [-0.2, -0.15) is 0 Å². The van der Waals surface area contributed by atoms with Crippen molar-refractivity contribution < 1.29 is 29.3 Å². The predicted molar refractivity (Wildman–Crippen MR) is 102 cm³/mol. The van der Waals surface area contributed by atoms with Gasteiger partial charge in [-0.25, -0.2) is 4.79 Å². The Hall–Kier alpha value is -1.86. The normalized spacial score (nSPS) is 15.4. The molecule has 6 nitrogen and oxygen atoms in total. The van der Waals surface area contributed by atoms with Crippen molar-refractivity contribution in [2.45, 2.75) is 64.6 Å². The highest BCUT2D eigenvalue weighted by atomic mass is 28.3. The summed E-state index contributed by atoms with van der Waals surface area (Å²) in [6.45, 7) is 11.7. The average Bonchev–Trinajstić information content (AvgIpc) is 2.50. The molecule has 0 fully saturated rings. The Balaban J connectivity index is 3.39. The first-order valence-corrected chi connectivity index (χ1v) is 11.6. The van der Waals surface area contributed by atoms with E-state index in [1.54, 1.807) is 6.07 Å². The lowest BCUT2D eigenvalue weighted by molar-refractivity contribution is -0.174. The summed E-state index contributed by atoms with van der Waals surface area (Å²) in [5.74, 6) is -3.76. The first-order chi connectivity index (χ1) is 11.8. The summed E-state index contributed by atoms with van der Waals surface area (Å²) in [6.07, 6.45) is -0.318. The highest BCUT2D eigenvalue weighted by Gasteiger charge is 2.47.